The molecule has 0 aliphatic rings. The van der Waals surface area contributed by atoms with Gasteiger partial charge in [0.25, 0.3) is 5.91 Å². The van der Waals surface area contributed by atoms with Gasteiger partial charge in [-0.2, -0.15) is 0 Å². The summed E-state index contributed by atoms with van der Waals surface area (Å²) in [6, 6.07) is 8.18. The van der Waals surface area contributed by atoms with Crippen molar-refractivity contribution in [2.45, 2.75) is 6.92 Å². The van der Waals surface area contributed by atoms with Crippen LogP contribution in [0.5, 0.6) is 5.75 Å². The van der Waals surface area contributed by atoms with Crippen LogP contribution in [0, 0.1) is 18.6 Å². The molecule has 0 radical (unpaired) electrons. The second kappa shape index (κ2) is 6.21. The topological polar surface area (TPSA) is 64.3 Å². The average Bonchev–Trinajstić information content (AvgIpc) is 2.44. The van der Waals surface area contributed by atoms with E-state index in [1.165, 1.54) is 24.3 Å². The highest BCUT2D eigenvalue weighted by molar-refractivity contribution is 5.92. The summed E-state index contributed by atoms with van der Waals surface area (Å²) in [5.74, 6) is -1.60. The molecule has 3 N–H and O–H groups in total. The smallest absolute Gasteiger partial charge is 0.262 e. The Morgan fingerprint density at radius 2 is 1.90 bits per heavy atom. The van der Waals surface area contributed by atoms with Crippen LogP contribution in [-0.2, 0) is 4.79 Å². The van der Waals surface area contributed by atoms with Crippen molar-refractivity contribution in [2.24, 2.45) is 0 Å². The van der Waals surface area contributed by atoms with Gasteiger partial charge in [0, 0.05) is 5.69 Å². The second-order valence-corrected chi connectivity index (χ2v) is 4.51. The lowest BCUT2D eigenvalue weighted by molar-refractivity contribution is -0.118. The molecule has 0 heterocycles. The first kappa shape index (κ1) is 14.8. The zero-order valence-corrected chi connectivity index (χ0v) is 11.3. The number of carbonyl (C=O) groups is 1. The molecule has 21 heavy (non-hydrogen) atoms. The summed E-state index contributed by atoms with van der Waals surface area (Å²) >= 11 is 0. The Morgan fingerprint density at radius 1 is 1.19 bits per heavy atom. The predicted octanol–water partition coefficient (Wildman–Crippen LogP) is 2.87. The van der Waals surface area contributed by atoms with Crippen molar-refractivity contribution in [3.8, 4) is 5.75 Å². The van der Waals surface area contributed by atoms with Crippen LogP contribution >= 0.6 is 0 Å². The van der Waals surface area contributed by atoms with E-state index in [0.29, 0.717) is 5.69 Å². The molecule has 1 amide bonds. The van der Waals surface area contributed by atoms with Gasteiger partial charge in [0.05, 0.1) is 5.69 Å². The van der Waals surface area contributed by atoms with Gasteiger partial charge < -0.3 is 15.8 Å². The van der Waals surface area contributed by atoms with Crippen LogP contribution in [0.25, 0.3) is 0 Å². The molecule has 0 aliphatic heterocycles. The summed E-state index contributed by atoms with van der Waals surface area (Å²) in [5.41, 5.74) is 6.48. The van der Waals surface area contributed by atoms with Crippen molar-refractivity contribution in [3.05, 3.63) is 53.6 Å². The average molecular weight is 292 g/mol. The highest BCUT2D eigenvalue weighted by Gasteiger charge is 2.08. The number of hydrogen-bond acceptors (Lipinski definition) is 3. The Balaban J connectivity index is 1.95. The van der Waals surface area contributed by atoms with Gasteiger partial charge in [-0.3, -0.25) is 4.79 Å². The zero-order chi connectivity index (χ0) is 15.4. The van der Waals surface area contributed by atoms with Crippen LogP contribution in [0.1, 0.15) is 5.56 Å². The quantitative estimate of drug-likeness (QED) is 0.852. The largest absolute Gasteiger partial charge is 0.481 e. The summed E-state index contributed by atoms with van der Waals surface area (Å²) in [4.78, 5) is 11.7. The van der Waals surface area contributed by atoms with Crippen LogP contribution in [0.4, 0.5) is 20.2 Å². The number of nitrogens with two attached hydrogens (primary N) is 1. The molecule has 0 aliphatic carbocycles. The minimum absolute atomic E-state index is 0.00349. The van der Waals surface area contributed by atoms with E-state index in [-0.39, 0.29) is 18.0 Å². The lowest BCUT2D eigenvalue weighted by atomic mass is 10.2. The van der Waals surface area contributed by atoms with Gasteiger partial charge >= 0.3 is 0 Å². The molecule has 0 fully saturated rings. The lowest BCUT2D eigenvalue weighted by Crippen LogP contribution is -2.20. The molecule has 2 aromatic rings. The van der Waals surface area contributed by atoms with Crippen molar-refractivity contribution < 1.29 is 18.3 Å². The van der Waals surface area contributed by atoms with E-state index in [0.717, 1.165) is 11.6 Å². The van der Waals surface area contributed by atoms with Crippen molar-refractivity contribution in [3.63, 3.8) is 0 Å². The molecule has 0 atom stereocenters. The van der Waals surface area contributed by atoms with E-state index in [2.05, 4.69) is 5.32 Å². The maximum absolute atomic E-state index is 13.4. The number of halogens is 2. The number of ether oxygens (including phenoxy) is 1. The van der Waals surface area contributed by atoms with Gasteiger partial charge in [-0.05, 0) is 42.8 Å². The highest BCUT2D eigenvalue weighted by atomic mass is 19.1. The summed E-state index contributed by atoms with van der Waals surface area (Å²) in [7, 11) is 0. The minimum atomic E-state index is -0.564. The van der Waals surface area contributed by atoms with Gasteiger partial charge in [-0.1, -0.05) is 6.07 Å². The first-order valence-corrected chi connectivity index (χ1v) is 6.19. The number of nitrogens with one attached hydrogen (secondary N) is 1. The maximum atomic E-state index is 13.4. The van der Waals surface area contributed by atoms with Gasteiger partial charge in [0.15, 0.2) is 18.2 Å². The number of nitrogen functional groups attached to an aromatic ring is 1. The fourth-order valence-corrected chi connectivity index (χ4v) is 1.68. The Kier molecular flexibility index (Phi) is 4.37. The standard InChI is InChI=1S/C15H14F2N2O2/c1-9-2-4-12(17)14(6-9)21-8-15(20)19-10-3-5-11(16)13(18)7-10/h2-7H,8,18H2,1H3,(H,19,20). The molecule has 110 valence electrons. The first-order chi connectivity index (χ1) is 9.95. The molecule has 0 spiro atoms. The minimum Gasteiger partial charge on any atom is -0.481 e. The summed E-state index contributed by atoms with van der Waals surface area (Å²) in [6.07, 6.45) is 0. The molecule has 2 rings (SSSR count). The van der Waals surface area contributed by atoms with E-state index in [9.17, 15) is 13.6 Å². The summed E-state index contributed by atoms with van der Waals surface area (Å²) < 4.78 is 31.5. The molecule has 0 unspecified atom stereocenters. The van der Waals surface area contributed by atoms with E-state index in [4.69, 9.17) is 10.5 Å². The number of aryl methyl sites for hydroxylation is 1. The normalized spacial score (nSPS) is 10.2. The van der Waals surface area contributed by atoms with Gasteiger partial charge in [-0.15, -0.1) is 0 Å². The molecule has 0 aromatic heterocycles. The van der Waals surface area contributed by atoms with Crippen molar-refractivity contribution >= 4 is 17.3 Å². The zero-order valence-electron chi connectivity index (χ0n) is 11.3. The third-order valence-corrected chi connectivity index (χ3v) is 2.73. The first-order valence-electron chi connectivity index (χ1n) is 6.19. The number of benzene rings is 2. The van der Waals surface area contributed by atoms with Crippen molar-refractivity contribution in [1.29, 1.82) is 0 Å². The Hall–Kier alpha value is -2.63. The monoisotopic (exact) mass is 292 g/mol. The van der Waals surface area contributed by atoms with Crippen molar-refractivity contribution in [1.82, 2.24) is 0 Å². The molecule has 0 saturated carbocycles. The number of anilines is 2. The van der Waals surface area contributed by atoms with E-state index < -0.39 is 17.5 Å². The Labute approximate surface area is 120 Å². The maximum Gasteiger partial charge on any atom is 0.262 e. The third kappa shape index (κ3) is 3.92. The third-order valence-electron chi connectivity index (χ3n) is 2.73. The molecule has 0 saturated heterocycles. The lowest BCUT2D eigenvalue weighted by Gasteiger charge is -2.09. The summed E-state index contributed by atoms with van der Waals surface area (Å²) in [5, 5.41) is 2.48. The van der Waals surface area contributed by atoms with E-state index in [1.54, 1.807) is 13.0 Å². The number of amides is 1. The van der Waals surface area contributed by atoms with E-state index in [1.807, 2.05) is 0 Å². The number of carbonyl (C=O) groups excluding carboxylic acids is 1. The van der Waals surface area contributed by atoms with Crippen molar-refractivity contribution in [2.75, 3.05) is 17.7 Å². The molecule has 4 nitrogen and oxygen atoms in total. The van der Waals surface area contributed by atoms with Gasteiger partial charge in [-0.25, -0.2) is 8.78 Å². The highest BCUT2D eigenvalue weighted by Crippen LogP contribution is 2.19. The van der Waals surface area contributed by atoms with Crippen LogP contribution < -0.4 is 15.8 Å². The van der Waals surface area contributed by atoms with Gasteiger partial charge in [0.1, 0.15) is 5.82 Å². The number of hydrogen-bond donors (Lipinski definition) is 2. The number of rotatable bonds is 4. The fraction of sp³-hybridized carbons (Fsp3) is 0.133. The molecule has 0 bridgehead atoms. The fourth-order valence-electron chi connectivity index (χ4n) is 1.68. The van der Waals surface area contributed by atoms with Crippen LogP contribution in [0.2, 0.25) is 0 Å². The predicted molar refractivity (Wildman–Crippen MR) is 76.1 cm³/mol. The molecule has 2 aromatic carbocycles. The molecular weight excluding hydrogens is 278 g/mol. The Morgan fingerprint density at radius 3 is 2.62 bits per heavy atom. The summed E-state index contributed by atoms with van der Waals surface area (Å²) in [6.45, 7) is 1.42. The van der Waals surface area contributed by atoms with Gasteiger partial charge in [0.2, 0.25) is 0 Å². The SMILES string of the molecule is Cc1ccc(F)c(OCC(=O)Nc2ccc(F)c(N)c2)c1. The van der Waals surface area contributed by atoms with Crippen LogP contribution in [0.3, 0.4) is 0 Å². The molecular formula is C15H14F2N2O2. The van der Waals surface area contributed by atoms with Crippen LogP contribution in [-0.4, -0.2) is 12.5 Å². The Bertz CT molecular complexity index is 675. The van der Waals surface area contributed by atoms with Crippen LogP contribution in [0.15, 0.2) is 36.4 Å². The van der Waals surface area contributed by atoms with E-state index >= 15 is 0 Å². The molecule has 6 heteroatoms. The second-order valence-electron chi connectivity index (χ2n) is 4.51.